The molecule has 10 rings (SSSR count). The number of quaternary nitrogens is 2. The van der Waals surface area contributed by atoms with E-state index in [0.717, 1.165) is 11.1 Å². The Morgan fingerprint density at radius 1 is 0.558 bits per heavy atom. The van der Waals surface area contributed by atoms with Gasteiger partial charge in [0, 0.05) is 20.6 Å². The van der Waals surface area contributed by atoms with Crippen LogP contribution in [0.2, 0.25) is 0 Å². The summed E-state index contributed by atoms with van der Waals surface area (Å²) in [7, 11) is 0. The molecule has 6 aromatic rings. The molecule has 0 unspecified atom stereocenters. The first kappa shape index (κ1) is 55.1. The van der Waals surface area contributed by atoms with E-state index in [4.69, 9.17) is 0 Å². The first-order valence-electron chi connectivity index (χ1n) is 24.1. The van der Waals surface area contributed by atoms with E-state index < -0.39 is 81.1 Å². The van der Waals surface area contributed by atoms with Crippen molar-refractivity contribution >= 4 is 92.6 Å². The number of carboxylic acids is 4. The molecular formula is C55H54N6O14S2. The van der Waals surface area contributed by atoms with Crippen LogP contribution < -0.4 is 32.3 Å². The molecule has 12 N–H and O–H groups in total. The minimum absolute atomic E-state index is 0.158. The molecule has 8 atom stereocenters. The molecule has 0 radical (unpaired) electrons. The van der Waals surface area contributed by atoms with Gasteiger partial charge in [-0.05, 0) is 78.9 Å². The van der Waals surface area contributed by atoms with Crippen LogP contribution in [0.1, 0.15) is 82.7 Å². The topological polar surface area (TPSA) is 349 Å². The van der Waals surface area contributed by atoms with Crippen molar-refractivity contribution in [2.24, 2.45) is 0 Å². The monoisotopic (exact) mass is 1090 g/mol. The Morgan fingerprint density at radius 2 is 0.883 bits per heavy atom. The number of hydrogen-bond acceptors (Lipinski definition) is 12. The Labute approximate surface area is 448 Å². The molecule has 4 amide bonds. The largest absolute Gasteiger partial charge is 0.872 e. The van der Waals surface area contributed by atoms with Crippen LogP contribution in [0, 0.1) is 0 Å². The van der Waals surface area contributed by atoms with E-state index in [1.54, 1.807) is 100 Å². The lowest BCUT2D eigenvalue weighted by Gasteiger charge is -2.43. The van der Waals surface area contributed by atoms with E-state index in [1.807, 2.05) is 36.4 Å². The summed E-state index contributed by atoms with van der Waals surface area (Å²) in [5.74, 6) is -7.48. The summed E-state index contributed by atoms with van der Waals surface area (Å²) in [5, 5.41) is 70.4. The third kappa shape index (κ3) is 10.4. The second-order valence-electron chi connectivity index (χ2n) is 19.8. The molecule has 4 aliphatic rings. The molecule has 20 nitrogen and oxygen atoms in total. The number of carbonyl (C=O) groups excluding carboxylic acids is 4. The van der Waals surface area contributed by atoms with Crippen LogP contribution in [0.5, 0.6) is 11.5 Å². The van der Waals surface area contributed by atoms with E-state index in [1.165, 1.54) is 45.5 Å². The van der Waals surface area contributed by atoms with Crippen molar-refractivity contribution in [3.05, 3.63) is 155 Å². The van der Waals surface area contributed by atoms with Crippen molar-refractivity contribution in [1.82, 2.24) is 20.4 Å². The normalized spacial score (nSPS) is 22.1. The van der Waals surface area contributed by atoms with Gasteiger partial charge in [0.15, 0.2) is 12.1 Å². The van der Waals surface area contributed by atoms with Gasteiger partial charge < -0.3 is 62.5 Å². The number of β-lactam (4-membered cyclic amide) rings is 2. The minimum Gasteiger partial charge on any atom is -0.872 e. The van der Waals surface area contributed by atoms with E-state index in [-0.39, 0.29) is 63.1 Å². The summed E-state index contributed by atoms with van der Waals surface area (Å²) < 4.78 is -1.20. The van der Waals surface area contributed by atoms with E-state index in [9.17, 15) is 69.0 Å². The number of hydrogen-bond donors (Lipinski definition) is 8. The van der Waals surface area contributed by atoms with Crippen LogP contribution >= 0.6 is 23.5 Å². The lowest BCUT2D eigenvalue weighted by molar-refractivity contribution is -0.410. The van der Waals surface area contributed by atoms with Crippen LogP contribution in [0.25, 0.3) is 21.5 Å². The molecule has 4 aliphatic heterocycles. The highest BCUT2D eigenvalue weighted by Crippen LogP contribution is 2.52. The van der Waals surface area contributed by atoms with E-state index >= 15 is 0 Å². The van der Waals surface area contributed by atoms with Gasteiger partial charge in [-0.15, -0.1) is 23.5 Å². The molecule has 77 heavy (non-hydrogen) atoms. The quantitative estimate of drug-likeness (QED) is 0.0815. The number of amides is 4. The van der Waals surface area contributed by atoms with Crippen molar-refractivity contribution in [2.45, 2.75) is 90.6 Å². The van der Waals surface area contributed by atoms with Crippen LogP contribution in [0.15, 0.2) is 121 Å². The second-order valence-corrected chi connectivity index (χ2v) is 23.3. The van der Waals surface area contributed by atoms with Gasteiger partial charge in [-0.3, -0.25) is 19.2 Å². The van der Waals surface area contributed by atoms with Gasteiger partial charge in [-0.2, -0.15) is 0 Å². The minimum atomic E-state index is -1.35. The highest BCUT2D eigenvalue weighted by atomic mass is 32.2. The van der Waals surface area contributed by atoms with Crippen molar-refractivity contribution in [1.29, 1.82) is 0 Å². The van der Waals surface area contributed by atoms with Gasteiger partial charge in [0.25, 0.3) is 11.8 Å². The summed E-state index contributed by atoms with van der Waals surface area (Å²) in [4.78, 5) is 98.3. The molecule has 6 aromatic carbocycles. The Balaban J connectivity index is 0.000000154. The molecule has 400 valence electrons. The van der Waals surface area contributed by atoms with Gasteiger partial charge in [0.05, 0.1) is 11.1 Å². The Bertz CT molecular complexity index is 3160. The van der Waals surface area contributed by atoms with Gasteiger partial charge in [-0.1, -0.05) is 121 Å². The summed E-state index contributed by atoms with van der Waals surface area (Å²) in [5.41, 5.74) is 8.81. The first-order valence-corrected chi connectivity index (χ1v) is 25.8. The van der Waals surface area contributed by atoms with Crippen molar-refractivity contribution in [2.75, 3.05) is 0 Å². The van der Waals surface area contributed by atoms with Crippen LogP contribution in [0.4, 0.5) is 0 Å². The maximum atomic E-state index is 12.9. The zero-order valence-corrected chi connectivity index (χ0v) is 43.5. The third-order valence-corrected chi connectivity index (χ3v) is 17.1. The highest BCUT2D eigenvalue weighted by Gasteiger charge is 2.65. The van der Waals surface area contributed by atoms with Crippen LogP contribution in [-0.4, -0.2) is 122 Å². The predicted octanol–water partition coefficient (Wildman–Crippen LogP) is 2.33. The summed E-state index contributed by atoms with van der Waals surface area (Å²) in [6.07, 6.45) is -0.166. The fraction of sp³-hybridized carbons (Fsp3) is 0.273. The number of nitrogens with one attached hydrogen (secondary N) is 2. The zero-order valence-electron chi connectivity index (χ0n) is 41.9. The molecule has 0 bridgehead atoms. The summed E-state index contributed by atoms with van der Waals surface area (Å²) in [6, 6.07) is 30.1. The highest BCUT2D eigenvalue weighted by molar-refractivity contribution is 8.02. The molecule has 4 saturated heterocycles. The Kier molecular flexibility index (Phi) is 15.3. The van der Waals surface area contributed by atoms with Crippen molar-refractivity contribution in [3.8, 4) is 11.5 Å². The maximum Gasteiger partial charge on any atom is 0.335 e. The summed E-state index contributed by atoms with van der Waals surface area (Å²) >= 11 is 2.81. The molecule has 4 heterocycles. The molecule has 4 fully saturated rings. The number of carboxylic acid groups (broad SMARTS) is 4. The van der Waals surface area contributed by atoms with Crippen molar-refractivity contribution in [3.63, 3.8) is 0 Å². The number of aliphatic carboxylic acids is 2. The third-order valence-electron chi connectivity index (χ3n) is 14.0. The zero-order chi connectivity index (χ0) is 56.0. The van der Waals surface area contributed by atoms with Gasteiger partial charge in [-0.25, -0.2) is 19.2 Å². The number of rotatable bonds is 12. The molecule has 0 saturated carbocycles. The molecule has 0 aliphatic carbocycles. The van der Waals surface area contributed by atoms with Gasteiger partial charge in [0.1, 0.15) is 34.9 Å². The van der Waals surface area contributed by atoms with Crippen molar-refractivity contribution < 1.29 is 80.5 Å². The number of carbonyl (C=O) groups is 8. The average molecular weight is 1090 g/mol. The van der Waals surface area contributed by atoms with Crippen LogP contribution in [-0.2, 0) is 35.2 Å². The standard InChI is InChI=1S/C23H16O6.2C16H19N3O4S/c24-20-16(14-7-3-1-5-12(14)9-18(20)22(26)27)11-17-15-8-4-2-6-13(15)10-19(21(17)25)23(28)29;2*1-16(2)11(15(22)23)19-13(21)10(14(19)24-16)18-12(20)9(17)8-6-4-3-5-7-8/h1-10,24-25H,11H2,(H,26,27)(H,28,29);2*3-7,9-11,14H,17H2,1-2H3,(H,18,20)(H,22,23)/t;2*9-,10-,11+,14-/m.11/s1. The lowest BCUT2D eigenvalue weighted by atomic mass is 9.90. The SMILES string of the molecule is CC1(C)S[C@@H]2[C@H](NC(=O)[C@H]([NH3+])c3ccccc3)C(=O)N2[C@H]1C(=O)O.CC1(C)S[C@@H]2[C@H](NC(=O)[C@H]([NH3+])c3ccccc3)C(=O)N2[C@H]1C(=O)O.O=C(O)c1cc2ccccc2c(Cc2c([O-])c(C(=O)O)cc3ccccc23)c1[O-]. The number of aromatic carboxylic acids is 2. The Hall–Kier alpha value is -8.18. The van der Waals surface area contributed by atoms with E-state index in [2.05, 4.69) is 22.1 Å². The van der Waals surface area contributed by atoms with Crippen LogP contribution in [0.3, 0.4) is 0 Å². The maximum absolute atomic E-state index is 12.9. The number of fused-ring (bicyclic) bond motifs is 4. The fourth-order valence-corrected chi connectivity index (χ4v) is 13.4. The Morgan fingerprint density at radius 3 is 1.21 bits per heavy atom. The second kappa shape index (κ2) is 21.4. The number of nitrogens with zero attached hydrogens (tertiary/aromatic N) is 2. The van der Waals surface area contributed by atoms with Gasteiger partial charge in [0.2, 0.25) is 11.8 Å². The number of thioether (sulfide) groups is 2. The number of benzene rings is 6. The smallest absolute Gasteiger partial charge is 0.335 e. The van der Waals surface area contributed by atoms with E-state index in [0.29, 0.717) is 21.5 Å². The fourth-order valence-electron chi connectivity index (χ4n) is 10.1. The predicted molar refractivity (Wildman–Crippen MR) is 279 cm³/mol. The molecule has 0 spiro atoms. The molecular weight excluding hydrogens is 1030 g/mol. The first-order chi connectivity index (χ1) is 36.4. The molecule has 22 heteroatoms. The van der Waals surface area contributed by atoms with Gasteiger partial charge >= 0.3 is 23.9 Å². The lowest BCUT2D eigenvalue weighted by Crippen LogP contribution is -2.72. The average Bonchev–Trinajstić information content (AvgIpc) is 3.93. The molecule has 0 aromatic heterocycles. The summed E-state index contributed by atoms with van der Waals surface area (Å²) in [6.45, 7) is 7.20.